The van der Waals surface area contributed by atoms with Crippen LogP contribution in [0.15, 0.2) is 47.5 Å². The summed E-state index contributed by atoms with van der Waals surface area (Å²) in [6, 6.07) is 12.2. The van der Waals surface area contributed by atoms with E-state index in [1.807, 2.05) is 31.2 Å². The molecule has 2 aromatic carbocycles. The summed E-state index contributed by atoms with van der Waals surface area (Å²) in [6.07, 6.45) is 1.04. The molecule has 2 amide bonds. The zero-order chi connectivity index (χ0) is 20.1. The molecule has 28 heavy (non-hydrogen) atoms. The first-order valence-electron chi connectivity index (χ1n) is 9.04. The van der Waals surface area contributed by atoms with Crippen LogP contribution < -0.4 is 20.1 Å². The summed E-state index contributed by atoms with van der Waals surface area (Å²) in [5.41, 5.74) is 2.36. The van der Waals surface area contributed by atoms with Gasteiger partial charge in [-0.25, -0.2) is 4.99 Å². The molecule has 2 aromatic rings. The van der Waals surface area contributed by atoms with Crippen molar-refractivity contribution in [2.45, 2.75) is 25.8 Å². The second-order valence-corrected chi connectivity index (χ2v) is 6.33. The molecular weight excluding hydrogens is 358 g/mol. The third-order valence-electron chi connectivity index (χ3n) is 4.57. The number of carbonyl (C=O) groups excluding carboxylic acids is 2. The van der Waals surface area contributed by atoms with Crippen LogP contribution in [0.4, 0.5) is 0 Å². The van der Waals surface area contributed by atoms with E-state index >= 15 is 0 Å². The fourth-order valence-electron chi connectivity index (χ4n) is 3.08. The molecule has 1 aliphatic rings. The average Bonchev–Trinajstić information content (AvgIpc) is 2.72. The Balaban J connectivity index is 1.85. The second kappa shape index (κ2) is 8.56. The predicted molar refractivity (Wildman–Crippen MR) is 106 cm³/mol. The van der Waals surface area contributed by atoms with Crippen molar-refractivity contribution in [2.24, 2.45) is 4.99 Å². The van der Waals surface area contributed by atoms with Crippen LogP contribution in [0.2, 0.25) is 0 Å². The van der Waals surface area contributed by atoms with Gasteiger partial charge in [-0.05, 0) is 30.2 Å². The number of aliphatic imine (C=N–C) groups is 1. The summed E-state index contributed by atoms with van der Waals surface area (Å²) in [4.78, 5) is 29.2. The maximum absolute atomic E-state index is 12.5. The molecule has 0 aliphatic carbocycles. The normalized spacial score (nSPS) is 16.0. The molecular formula is C21H23N3O4. The van der Waals surface area contributed by atoms with Crippen molar-refractivity contribution >= 4 is 17.8 Å². The Labute approximate surface area is 163 Å². The minimum absolute atomic E-state index is 0.121. The van der Waals surface area contributed by atoms with Crippen molar-refractivity contribution in [2.75, 3.05) is 14.2 Å². The number of aryl methyl sites for hydroxylation is 1. The van der Waals surface area contributed by atoms with E-state index in [0.717, 1.165) is 17.5 Å². The number of carbonyl (C=O) groups is 2. The van der Waals surface area contributed by atoms with Crippen molar-refractivity contribution < 1.29 is 19.1 Å². The molecule has 7 heteroatoms. The number of ether oxygens (including phenoxy) is 2. The number of guanidine groups is 1. The number of rotatable bonds is 5. The van der Waals surface area contributed by atoms with E-state index in [4.69, 9.17) is 9.47 Å². The highest BCUT2D eigenvalue weighted by Gasteiger charge is 2.27. The van der Waals surface area contributed by atoms with Gasteiger partial charge < -0.3 is 9.47 Å². The van der Waals surface area contributed by atoms with Gasteiger partial charge in [0.1, 0.15) is 0 Å². The molecule has 1 aliphatic heterocycles. The molecule has 0 unspecified atom stereocenters. The SMILES string of the molecule is CCc1ccc(C(=O)NC2=N[C@H](c3cccc(OC)c3OC)CC(=O)N2)cc1. The third kappa shape index (κ3) is 4.14. The summed E-state index contributed by atoms with van der Waals surface area (Å²) in [6.45, 7) is 2.05. The van der Waals surface area contributed by atoms with Gasteiger partial charge in [-0.3, -0.25) is 20.2 Å². The highest BCUT2D eigenvalue weighted by molar-refractivity contribution is 6.10. The quantitative estimate of drug-likeness (QED) is 0.833. The molecule has 7 nitrogen and oxygen atoms in total. The molecule has 146 valence electrons. The fourth-order valence-corrected chi connectivity index (χ4v) is 3.08. The lowest BCUT2D eigenvalue weighted by Crippen LogP contribution is -2.47. The van der Waals surface area contributed by atoms with Crippen LogP contribution in [0.1, 0.15) is 40.9 Å². The Kier molecular flexibility index (Phi) is 5.93. The topological polar surface area (TPSA) is 89.0 Å². The Hall–Kier alpha value is -3.35. The fraction of sp³-hybridized carbons (Fsp3) is 0.286. The van der Waals surface area contributed by atoms with Crippen molar-refractivity contribution in [3.05, 3.63) is 59.2 Å². The minimum atomic E-state index is -0.489. The summed E-state index contributed by atoms with van der Waals surface area (Å²) < 4.78 is 10.8. The van der Waals surface area contributed by atoms with E-state index < -0.39 is 6.04 Å². The van der Waals surface area contributed by atoms with Gasteiger partial charge in [0.2, 0.25) is 11.9 Å². The zero-order valence-corrected chi connectivity index (χ0v) is 16.1. The molecule has 3 rings (SSSR count). The molecule has 0 bridgehead atoms. The third-order valence-corrected chi connectivity index (χ3v) is 4.57. The first-order chi connectivity index (χ1) is 13.5. The summed E-state index contributed by atoms with van der Waals surface area (Å²) in [7, 11) is 3.09. The van der Waals surface area contributed by atoms with Gasteiger partial charge >= 0.3 is 0 Å². The van der Waals surface area contributed by atoms with E-state index in [9.17, 15) is 9.59 Å². The number of hydrogen-bond donors (Lipinski definition) is 2. The van der Waals surface area contributed by atoms with Crippen LogP contribution in [-0.2, 0) is 11.2 Å². The summed E-state index contributed by atoms with van der Waals surface area (Å²) >= 11 is 0. The highest BCUT2D eigenvalue weighted by Crippen LogP contribution is 2.38. The zero-order valence-electron chi connectivity index (χ0n) is 16.1. The van der Waals surface area contributed by atoms with E-state index in [0.29, 0.717) is 17.1 Å². The molecule has 0 saturated heterocycles. The minimum Gasteiger partial charge on any atom is -0.493 e. The molecule has 0 saturated carbocycles. The number of nitrogens with one attached hydrogen (secondary N) is 2. The molecule has 0 radical (unpaired) electrons. The molecule has 1 heterocycles. The number of methoxy groups -OCH3 is 2. The van der Waals surface area contributed by atoms with Crippen molar-refractivity contribution in [3.63, 3.8) is 0 Å². The van der Waals surface area contributed by atoms with Gasteiger partial charge in [0, 0.05) is 11.1 Å². The molecule has 0 fully saturated rings. The number of para-hydroxylation sites is 1. The van der Waals surface area contributed by atoms with E-state index in [1.165, 1.54) is 7.11 Å². The summed E-state index contributed by atoms with van der Waals surface area (Å²) in [5, 5.41) is 5.29. The second-order valence-electron chi connectivity index (χ2n) is 6.33. The maximum Gasteiger partial charge on any atom is 0.257 e. The number of benzene rings is 2. The van der Waals surface area contributed by atoms with E-state index in [1.54, 1.807) is 25.3 Å². The molecule has 2 N–H and O–H groups in total. The van der Waals surface area contributed by atoms with Crippen LogP contribution in [0.3, 0.4) is 0 Å². The van der Waals surface area contributed by atoms with Crippen LogP contribution in [0, 0.1) is 0 Å². The Morgan fingerprint density at radius 3 is 2.57 bits per heavy atom. The Morgan fingerprint density at radius 1 is 1.18 bits per heavy atom. The van der Waals surface area contributed by atoms with Gasteiger partial charge in [0.05, 0.1) is 26.7 Å². The first kappa shape index (κ1) is 19.4. The van der Waals surface area contributed by atoms with Gasteiger partial charge in [-0.2, -0.15) is 0 Å². The van der Waals surface area contributed by atoms with E-state index in [2.05, 4.69) is 15.6 Å². The van der Waals surface area contributed by atoms with Crippen LogP contribution >= 0.6 is 0 Å². The van der Waals surface area contributed by atoms with Gasteiger partial charge in [0.15, 0.2) is 11.5 Å². The average molecular weight is 381 g/mol. The standard InChI is InChI=1S/C21H23N3O4/c1-4-13-8-10-14(11-9-13)20(26)24-21-22-16(12-18(25)23-21)15-6-5-7-17(27-2)19(15)28-3/h5-11,16H,4,12H2,1-3H3,(H2,22,23,24,25,26)/t16-/m0/s1. The Morgan fingerprint density at radius 2 is 1.93 bits per heavy atom. The predicted octanol–water partition coefficient (Wildman–Crippen LogP) is 2.61. The van der Waals surface area contributed by atoms with Crippen LogP contribution in [-0.4, -0.2) is 32.0 Å². The first-order valence-corrected chi connectivity index (χ1v) is 9.04. The Bertz CT molecular complexity index is 906. The largest absolute Gasteiger partial charge is 0.493 e. The van der Waals surface area contributed by atoms with Crippen LogP contribution in [0.25, 0.3) is 0 Å². The molecule has 1 atom stereocenters. The number of nitrogens with zero attached hydrogens (tertiary/aromatic N) is 1. The van der Waals surface area contributed by atoms with Gasteiger partial charge in [-0.1, -0.05) is 31.2 Å². The molecule has 0 aromatic heterocycles. The number of hydrogen-bond acceptors (Lipinski definition) is 5. The van der Waals surface area contributed by atoms with E-state index in [-0.39, 0.29) is 24.2 Å². The lowest BCUT2D eigenvalue weighted by atomic mass is 10.0. The van der Waals surface area contributed by atoms with Crippen molar-refractivity contribution in [1.29, 1.82) is 0 Å². The van der Waals surface area contributed by atoms with Crippen molar-refractivity contribution in [1.82, 2.24) is 10.6 Å². The summed E-state index contributed by atoms with van der Waals surface area (Å²) in [5.74, 6) is 0.634. The highest BCUT2D eigenvalue weighted by atomic mass is 16.5. The van der Waals surface area contributed by atoms with Crippen molar-refractivity contribution in [3.8, 4) is 11.5 Å². The smallest absolute Gasteiger partial charge is 0.257 e. The van der Waals surface area contributed by atoms with Gasteiger partial charge in [0.25, 0.3) is 5.91 Å². The van der Waals surface area contributed by atoms with Crippen LogP contribution in [0.5, 0.6) is 11.5 Å². The number of amides is 2. The lowest BCUT2D eigenvalue weighted by Gasteiger charge is -2.23. The lowest BCUT2D eigenvalue weighted by molar-refractivity contribution is -0.120. The monoisotopic (exact) mass is 381 g/mol. The molecule has 0 spiro atoms. The maximum atomic E-state index is 12.5. The van der Waals surface area contributed by atoms with Gasteiger partial charge in [-0.15, -0.1) is 0 Å².